The molecule has 0 N–H and O–H groups in total. The van der Waals surface area contributed by atoms with Crippen LogP contribution in [0.25, 0.3) is 33.8 Å². The molecule has 2 heterocycles. The molecule has 0 aliphatic rings. The summed E-state index contributed by atoms with van der Waals surface area (Å²) in [5, 5.41) is 8.61. The first-order valence-corrected chi connectivity index (χ1v) is 25.8. The molecule has 0 aliphatic carbocycles. The van der Waals surface area contributed by atoms with E-state index < -0.39 is 15.8 Å². The number of aromatic nitrogens is 2. The Morgan fingerprint density at radius 2 is 0.565 bits per heavy atom. The maximum Gasteiger partial charge on any atom is 0.102 e. The maximum atomic E-state index is 4.84. The number of nitrogens with zero attached hydrogens (tertiary/aromatic N) is 2. The summed E-state index contributed by atoms with van der Waals surface area (Å²) in [6.45, 7) is 0. The molecule has 5 heteroatoms. The predicted molar refractivity (Wildman–Crippen MR) is 297 cm³/mol. The molecule has 0 radical (unpaired) electrons. The first-order valence-electron chi connectivity index (χ1n) is 22.8. The number of rotatable bonds is 9. The minimum atomic E-state index is -0.877. The molecule has 0 fully saturated rings. The van der Waals surface area contributed by atoms with Crippen molar-refractivity contribution >= 4 is 47.7 Å². The van der Waals surface area contributed by atoms with Gasteiger partial charge in [-0.2, -0.15) is 36.4 Å². The molecule has 0 atom stereocenters. The zero-order chi connectivity index (χ0) is 46.3. The SMILES string of the molecule is [Pd].[c-]1ccccc1.c1ccc(-c2cc(-c3ccccc3)nc(-c3ccccn3)c2)cc1.c1ccc([PH+](c2ccccc2)c2ccccc2)cc1.c1ccc([PH+](c2ccccc2)c2ccccc2)cc1. The average molecular weight is 1020 g/mol. The molecule has 69 heavy (non-hydrogen) atoms. The quantitative estimate of drug-likeness (QED) is 0.0818. The second-order valence-corrected chi connectivity index (χ2v) is 20.6. The van der Waals surface area contributed by atoms with E-state index in [1.165, 1.54) is 37.4 Å². The third-order valence-electron chi connectivity index (χ3n) is 10.9. The van der Waals surface area contributed by atoms with Crippen molar-refractivity contribution in [3.63, 3.8) is 0 Å². The normalized spacial score (nSPS) is 10.2. The van der Waals surface area contributed by atoms with E-state index >= 15 is 0 Å². The van der Waals surface area contributed by atoms with Gasteiger partial charge < -0.3 is 0 Å². The van der Waals surface area contributed by atoms with Gasteiger partial charge >= 0.3 is 0 Å². The van der Waals surface area contributed by atoms with E-state index in [9.17, 15) is 0 Å². The second kappa shape index (κ2) is 27.6. The van der Waals surface area contributed by atoms with Gasteiger partial charge in [0, 0.05) is 32.2 Å². The summed E-state index contributed by atoms with van der Waals surface area (Å²) < 4.78 is 0. The third-order valence-corrected chi connectivity index (χ3v) is 16.4. The van der Waals surface area contributed by atoms with E-state index in [2.05, 4.69) is 242 Å². The van der Waals surface area contributed by atoms with Crippen molar-refractivity contribution in [3.8, 4) is 33.8 Å². The van der Waals surface area contributed by atoms with Crippen molar-refractivity contribution in [2.45, 2.75) is 0 Å². The van der Waals surface area contributed by atoms with E-state index in [-0.39, 0.29) is 20.4 Å². The fraction of sp³-hybridized carbons (Fsp3) is 0. The monoisotopic (exact) mass is 1020 g/mol. The van der Waals surface area contributed by atoms with Crippen molar-refractivity contribution in [1.29, 1.82) is 0 Å². The molecule has 338 valence electrons. The zero-order valence-corrected chi connectivity index (χ0v) is 41.7. The van der Waals surface area contributed by atoms with Crippen molar-refractivity contribution in [1.82, 2.24) is 9.97 Å². The molecule has 2 nitrogen and oxygen atoms in total. The van der Waals surface area contributed by atoms with Crippen LogP contribution >= 0.6 is 15.8 Å². The predicted octanol–water partition coefficient (Wildman–Crippen LogP) is 13.3. The van der Waals surface area contributed by atoms with E-state index in [1.54, 1.807) is 6.20 Å². The Balaban J connectivity index is 0.000000144. The standard InChI is InChI=1S/C22H16N2.2C18H15P.C6H5.Pd/c1-3-9-17(10-4-1)19-15-21(18-11-5-2-6-12-18)24-22(16-19)20-13-7-8-14-23-20;2*1-4-10-16(11-5-1)19(17-12-6-2-7-13-17)18-14-8-3-9-15-18;1-2-4-6-5-3-1;/h1-16H;2*1-15H;1-5H;/q;;;-1;/p+2. The van der Waals surface area contributed by atoms with E-state index in [1.807, 2.05) is 72.8 Å². The van der Waals surface area contributed by atoms with Gasteiger partial charge in [-0.3, -0.25) is 4.98 Å². The van der Waals surface area contributed by atoms with Crippen LogP contribution in [0.4, 0.5) is 0 Å². The Morgan fingerprint density at radius 3 is 0.870 bits per heavy atom. The number of hydrogen-bond donors (Lipinski definition) is 0. The van der Waals surface area contributed by atoms with Gasteiger partial charge in [0.05, 0.1) is 32.9 Å². The van der Waals surface area contributed by atoms with Crippen LogP contribution in [0, 0.1) is 6.07 Å². The molecule has 0 aliphatic heterocycles. The molecule has 0 saturated heterocycles. The molecule has 11 rings (SSSR count). The second-order valence-electron chi connectivity index (χ2n) is 15.6. The van der Waals surface area contributed by atoms with Gasteiger partial charge in [0.25, 0.3) is 0 Å². The van der Waals surface area contributed by atoms with Crippen LogP contribution in [-0.4, -0.2) is 9.97 Å². The summed E-state index contributed by atoms with van der Waals surface area (Å²) in [5.41, 5.74) is 6.15. The van der Waals surface area contributed by atoms with Gasteiger partial charge in [-0.15, -0.1) is 0 Å². The summed E-state index contributed by atoms with van der Waals surface area (Å²) >= 11 is 0. The molecule has 2 aromatic heterocycles. The minimum absolute atomic E-state index is 0. The summed E-state index contributed by atoms with van der Waals surface area (Å²) in [4.78, 5) is 9.29. The van der Waals surface area contributed by atoms with Gasteiger partial charge in [0.2, 0.25) is 0 Å². The Morgan fingerprint density at radius 1 is 0.261 bits per heavy atom. The largest absolute Gasteiger partial charge is 0.255 e. The van der Waals surface area contributed by atoms with Crippen LogP contribution in [0.2, 0.25) is 0 Å². The fourth-order valence-corrected chi connectivity index (χ4v) is 12.9. The van der Waals surface area contributed by atoms with Crippen LogP contribution in [0.3, 0.4) is 0 Å². The average Bonchev–Trinajstić information content (AvgIpc) is 3.44. The van der Waals surface area contributed by atoms with Crippen LogP contribution < -0.4 is 31.8 Å². The van der Waals surface area contributed by atoms with Gasteiger partial charge in [0.15, 0.2) is 0 Å². The summed E-state index contributed by atoms with van der Waals surface area (Å²) in [6, 6.07) is 108. The number of pyridine rings is 2. The number of benzene rings is 9. The number of hydrogen-bond acceptors (Lipinski definition) is 2. The van der Waals surface area contributed by atoms with Crippen molar-refractivity contribution in [2.75, 3.05) is 0 Å². The summed E-state index contributed by atoms with van der Waals surface area (Å²) in [5.74, 6) is 0. The fourth-order valence-electron chi connectivity index (χ4n) is 7.70. The first-order chi connectivity index (χ1) is 33.8. The maximum absolute atomic E-state index is 4.84. The van der Waals surface area contributed by atoms with Gasteiger partial charge in [0.1, 0.15) is 31.8 Å². The Bertz CT molecular complexity index is 2600. The molecule has 9 aromatic carbocycles. The smallest absolute Gasteiger partial charge is 0.102 e. The Kier molecular flexibility index (Phi) is 19.9. The van der Waals surface area contributed by atoms with Gasteiger partial charge in [-0.25, -0.2) is 4.98 Å². The van der Waals surface area contributed by atoms with Crippen molar-refractivity contribution < 1.29 is 20.4 Å². The molecule has 0 bridgehead atoms. The molecule has 0 spiro atoms. The summed E-state index contributed by atoms with van der Waals surface area (Å²) in [7, 11) is -1.75. The van der Waals surface area contributed by atoms with E-state index in [0.29, 0.717) is 0 Å². The Hall–Kier alpha value is -7.20. The summed E-state index contributed by atoms with van der Waals surface area (Å²) in [6.07, 6.45) is 1.80. The van der Waals surface area contributed by atoms with Crippen molar-refractivity contribution in [2.24, 2.45) is 0 Å². The van der Waals surface area contributed by atoms with E-state index in [0.717, 1.165) is 28.2 Å². The van der Waals surface area contributed by atoms with Gasteiger partial charge in [-0.05, 0) is 108 Å². The van der Waals surface area contributed by atoms with Crippen LogP contribution in [0.1, 0.15) is 0 Å². The topological polar surface area (TPSA) is 25.8 Å². The molecular weight excluding hydrogens is 965 g/mol. The zero-order valence-electron chi connectivity index (χ0n) is 38.2. The molecular formula is C64H53N2P2Pd+. The van der Waals surface area contributed by atoms with Gasteiger partial charge in [-0.1, -0.05) is 176 Å². The van der Waals surface area contributed by atoms with E-state index in [4.69, 9.17) is 4.98 Å². The Labute approximate surface area is 424 Å². The van der Waals surface area contributed by atoms with Crippen LogP contribution in [0.5, 0.6) is 0 Å². The van der Waals surface area contributed by atoms with Crippen LogP contribution in [0.15, 0.2) is 310 Å². The molecule has 0 unspecified atom stereocenters. The first kappa shape index (κ1) is 49.7. The minimum Gasteiger partial charge on any atom is -0.255 e. The third kappa shape index (κ3) is 14.9. The van der Waals surface area contributed by atoms with Crippen molar-refractivity contribution in [3.05, 3.63) is 316 Å². The molecule has 11 aromatic rings. The molecule has 0 amide bonds. The van der Waals surface area contributed by atoms with Crippen LogP contribution in [-0.2, 0) is 20.4 Å². The molecule has 0 saturated carbocycles.